The van der Waals surface area contributed by atoms with Crippen molar-refractivity contribution in [1.82, 2.24) is 0 Å². The summed E-state index contributed by atoms with van der Waals surface area (Å²) >= 11 is 6.91. The van der Waals surface area contributed by atoms with Crippen molar-refractivity contribution in [2.24, 2.45) is 0 Å². The minimum Gasteiger partial charge on any atom is -0.489 e. The van der Waals surface area contributed by atoms with Crippen molar-refractivity contribution in [2.75, 3.05) is 52.9 Å². The largest absolute Gasteiger partial charge is 0.489 e. The molecule has 4 aromatic rings. The van der Waals surface area contributed by atoms with Crippen LogP contribution in [0.4, 0.5) is 0 Å². The lowest BCUT2D eigenvalue weighted by molar-refractivity contribution is 0.0730. The Morgan fingerprint density at radius 1 is 0.293 bits per heavy atom. The SMILES string of the molecule is CC(C)(C)c1cc2c3c(c1)Sc1cc(C(C)(C)C)cc4c1OCCOCCOc1c(cc(C(C)(C)C)cc1Sc1cc(C(C)(C)C)cc(c1OCCOCCO3)S2)S4. The molecule has 6 nitrogen and oxygen atoms in total. The fourth-order valence-corrected chi connectivity index (χ4v) is 11.5. The van der Waals surface area contributed by atoms with Gasteiger partial charge in [0.1, 0.15) is 49.4 Å². The van der Waals surface area contributed by atoms with Gasteiger partial charge in [0.15, 0.2) is 0 Å². The molecule has 0 N–H and O–H groups in total. The molecule has 0 aromatic heterocycles. The van der Waals surface area contributed by atoms with E-state index in [1.54, 1.807) is 47.0 Å². The molecular weight excluding hydrogens is 801 g/mol. The van der Waals surface area contributed by atoms with Crippen LogP contribution in [0.2, 0.25) is 0 Å². The van der Waals surface area contributed by atoms with Crippen molar-refractivity contribution < 1.29 is 28.4 Å². The van der Waals surface area contributed by atoms with Gasteiger partial charge in [-0.2, -0.15) is 0 Å². The summed E-state index contributed by atoms with van der Waals surface area (Å²) in [5.74, 6) is 3.37. The molecule has 58 heavy (non-hydrogen) atoms. The third-order valence-corrected chi connectivity index (χ3v) is 14.5. The van der Waals surface area contributed by atoms with Crippen molar-refractivity contribution in [3.8, 4) is 23.0 Å². The number of ether oxygens (including phenoxy) is 6. The smallest absolute Gasteiger partial charge is 0.147 e. The highest BCUT2D eigenvalue weighted by Gasteiger charge is 2.31. The Morgan fingerprint density at radius 3 is 0.621 bits per heavy atom. The summed E-state index contributed by atoms with van der Waals surface area (Å²) in [6, 6.07) is 18.5. The summed E-state index contributed by atoms with van der Waals surface area (Å²) < 4.78 is 39.7. The fourth-order valence-electron chi connectivity index (χ4n) is 6.70. The van der Waals surface area contributed by atoms with Gasteiger partial charge in [-0.1, -0.05) is 130 Å². The molecule has 0 unspecified atom stereocenters. The molecule has 4 aromatic carbocycles. The molecule has 0 atom stereocenters. The Labute approximate surface area is 364 Å². The minimum atomic E-state index is -0.130. The second kappa shape index (κ2) is 17.0. The first-order chi connectivity index (χ1) is 27.3. The first-order valence-electron chi connectivity index (χ1n) is 20.4. The normalized spacial score (nSPS) is 16.9. The Bertz CT molecular complexity index is 1850. The van der Waals surface area contributed by atoms with Crippen molar-refractivity contribution in [3.05, 3.63) is 70.8 Å². The number of benzene rings is 4. The average molecular weight is 861 g/mol. The highest BCUT2D eigenvalue weighted by atomic mass is 32.2. The van der Waals surface area contributed by atoms with Gasteiger partial charge >= 0.3 is 0 Å². The van der Waals surface area contributed by atoms with E-state index >= 15 is 0 Å². The number of hydrogen-bond donors (Lipinski definition) is 0. The van der Waals surface area contributed by atoms with Crippen LogP contribution in [0, 0.1) is 0 Å². The molecule has 0 aliphatic carbocycles. The lowest BCUT2D eigenvalue weighted by Crippen LogP contribution is -2.17. The average Bonchev–Trinajstić information content (AvgIpc) is 3.10. The van der Waals surface area contributed by atoms with Gasteiger partial charge in [0.2, 0.25) is 0 Å². The maximum absolute atomic E-state index is 6.85. The molecule has 3 aliphatic heterocycles. The van der Waals surface area contributed by atoms with Crippen molar-refractivity contribution in [2.45, 2.75) is 144 Å². The molecule has 3 heterocycles. The zero-order valence-electron chi connectivity index (χ0n) is 36.4. The van der Waals surface area contributed by atoms with E-state index in [4.69, 9.17) is 28.4 Å². The van der Waals surface area contributed by atoms with Gasteiger partial charge < -0.3 is 28.4 Å². The summed E-state index contributed by atoms with van der Waals surface area (Å²) in [6.45, 7) is 30.8. The summed E-state index contributed by atoms with van der Waals surface area (Å²) in [5, 5.41) is 0. The van der Waals surface area contributed by atoms with Crippen LogP contribution in [-0.4, -0.2) is 52.9 Å². The van der Waals surface area contributed by atoms with E-state index in [0.717, 1.165) is 62.2 Å². The number of rotatable bonds is 0. The van der Waals surface area contributed by atoms with Crippen LogP contribution in [0.25, 0.3) is 0 Å². The quantitative estimate of drug-likeness (QED) is 0.150. The summed E-state index contributed by atoms with van der Waals surface area (Å²) in [7, 11) is 0. The van der Waals surface area contributed by atoms with Crippen LogP contribution in [0.1, 0.15) is 105 Å². The zero-order chi connectivity index (χ0) is 41.6. The third-order valence-electron chi connectivity index (χ3n) is 10.3. The van der Waals surface area contributed by atoms with E-state index in [-0.39, 0.29) is 21.7 Å². The topological polar surface area (TPSA) is 55.4 Å². The monoisotopic (exact) mass is 860 g/mol. The van der Waals surface area contributed by atoms with Gasteiger partial charge in [0.05, 0.1) is 65.6 Å². The van der Waals surface area contributed by atoms with Gasteiger partial charge in [-0.25, -0.2) is 0 Å². The van der Waals surface area contributed by atoms with E-state index in [0.29, 0.717) is 52.9 Å². The predicted octanol–water partition coefficient (Wildman–Crippen LogP) is 13.4. The van der Waals surface area contributed by atoms with Gasteiger partial charge in [0, 0.05) is 0 Å². The van der Waals surface area contributed by atoms with Crippen molar-refractivity contribution >= 4 is 47.0 Å². The van der Waals surface area contributed by atoms with E-state index in [1.165, 1.54) is 22.3 Å². The first-order valence-corrected chi connectivity index (χ1v) is 23.6. The molecule has 0 saturated carbocycles. The van der Waals surface area contributed by atoms with E-state index < -0.39 is 0 Å². The molecular formula is C48H60O6S4. The van der Waals surface area contributed by atoms with Crippen LogP contribution >= 0.6 is 47.0 Å². The Hall–Kier alpha value is -2.60. The predicted molar refractivity (Wildman–Crippen MR) is 241 cm³/mol. The van der Waals surface area contributed by atoms with Crippen LogP contribution in [0.15, 0.2) is 87.7 Å². The van der Waals surface area contributed by atoms with Gasteiger partial charge in [0.25, 0.3) is 0 Å². The summed E-state index contributed by atoms with van der Waals surface area (Å²) in [6.07, 6.45) is 0. The molecule has 3 aliphatic rings. The standard InChI is InChI=1S/C48H60O6S4/c1-45(2,3)29-21-33-41-37(25-29)57-38-26-31(47(7,8)9)23-35-43(38)53-19-15-50-16-20-54-44-36(56-35)24-32(48(10,11)12)28-40(44)58-39-27-30(46(4,5)6)22-34(55-33)42(39)52-18-14-49-13-17-51-41/h21-28H,13-20H2,1-12H3. The zero-order valence-corrected chi connectivity index (χ0v) is 39.6. The molecule has 10 heteroatoms. The highest BCUT2D eigenvalue weighted by Crippen LogP contribution is 2.56. The Kier molecular flexibility index (Phi) is 12.8. The van der Waals surface area contributed by atoms with Gasteiger partial charge in [-0.15, -0.1) is 0 Å². The van der Waals surface area contributed by atoms with Crippen LogP contribution in [0.5, 0.6) is 23.0 Å². The Morgan fingerprint density at radius 2 is 0.466 bits per heavy atom. The van der Waals surface area contributed by atoms with Crippen LogP contribution < -0.4 is 18.9 Å². The number of hydrogen-bond acceptors (Lipinski definition) is 10. The molecule has 0 fully saturated rings. The van der Waals surface area contributed by atoms with Crippen molar-refractivity contribution in [1.29, 1.82) is 0 Å². The molecule has 312 valence electrons. The lowest BCUT2D eigenvalue weighted by Gasteiger charge is -2.29. The summed E-state index contributed by atoms with van der Waals surface area (Å²) in [4.78, 5) is 8.32. The van der Waals surface area contributed by atoms with E-state index in [9.17, 15) is 0 Å². The maximum Gasteiger partial charge on any atom is 0.147 e. The molecule has 0 amide bonds. The van der Waals surface area contributed by atoms with E-state index in [1.807, 2.05) is 0 Å². The van der Waals surface area contributed by atoms with Gasteiger partial charge in [-0.3, -0.25) is 0 Å². The first kappa shape index (κ1) is 43.5. The van der Waals surface area contributed by atoms with Crippen LogP contribution in [-0.2, 0) is 31.1 Å². The lowest BCUT2D eigenvalue weighted by atomic mass is 9.87. The van der Waals surface area contributed by atoms with Gasteiger partial charge in [-0.05, 0) is 92.4 Å². The van der Waals surface area contributed by atoms with E-state index in [2.05, 4.69) is 132 Å². The Balaban J connectivity index is 1.63. The molecule has 0 spiro atoms. The molecule has 0 saturated heterocycles. The summed E-state index contributed by atoms with van der Waals surface area (Å²) in [5.41, 5.74) is 4.38. The molecule has 7 rings (SSSR count). The highest BCUT2D eigenvalue weighted by molar-refractivity contribution is 8.01. The minimum absolute atomic E-state index is 0.130. The second-order valence-corrected chi connectivity index (χ2v) is 23.6. The maximum atomic E-state index is 6.85. The molecule has 0 radical (unpaired) electrons. The van der Waals surface area contributed by atoms with Crippen LogP contribution in [0.3, 0.4) is 0 Å². The third kappa shape index (κ3) is 9.95. The van der Waals surface area contributed by atoms with Crippen molar-refractivity contribution in [3.63, 3.8) is 0 Å². The molecule has 12 bridgehead atoms. The second-order valence-electron chi connectivity index (χ2n) is 19.2. The fraction of sp³-hybridized carbons (Fsp3) is 0.500.